The third-order valence-corrected chi connectivity index (χ3v) is 1.88. The molecule has 13 heavy (non-hydrogen) atoms. The molecule has 3 heteroatoms. The molecule has 75 valence electrons. The van der Waals surface area contributed by atoms with Gasteiger partial charge in [0.2, 0.25) is 0 Å². The van der Waals surface area contributed by atoms with E-state index in [1.165, 1.54) is 0 Å². The molecule has 1 fully saturated rings. The molecule has 1 unspecified atom stereocenters. The monoisotopic (exact) mass is 184 g/mol. The van der Waals surface area contributed by atoms with E-state index in [-0.39, 0.29) is 11.6 Å². The van der Waals surface area contributed by atoms with Gasteiger partial charge in [-0.1, -0.05) is 0 Å². The Labute approximate surface area is 79.8 Å². The molecule has 0 aromatic heterocycles. The van der Waals surface area contributed by atoms with Gasteiger partial charge in [0, 0.05) is 0 Å². The van der Waals surface area contributed by atoms with E-state index in [0.717, 1.165) is 19.5 Å². The summed E-state index contributed by atoms with van der Waals surface area (Å²) < 4.78 is 5.18. The highest BCUT2D eigenvalue weighted by Crippen LogP contribution is 2.15. The Morgan fingerprint density at radius 3 is 2.69 bits per heavy atom. The molecular weight excluding hydrogens is 166 g/mol. The SMILES string of the molecule is CC(C)(C)OC(=O)[CH]C1CCNC1. The van der Waals surface area contributed by atoms with Gasteiger partial charge in [-0.25, -0.2) is 0 Å². The number of hydrogen-bond acceptors (Lipinski definition) is 3. The zero-order valence-corrected chi connectivity index (χ0v) is 8.59. The molecule has 1 N–H and O–H groups in total. The molecule has 1 aliphatic heterocycles. The van der Waals surface area contributed by atoms with Crippen LogP contribution in [0.1, 0.15) is 27.2 Å². The lowest BCUT2D eigenvalue weighted by atomic mass is 10.1. The lowest BCUT2D eigenvalue weighted by molar-refractivity contribution is -0.151. The molecule has 1 radical (unpaired) electrons. The number of nitrogens with one attached hydrogen (secondary N) is 1. The van der Waals surface area contributed by atoms with Gasteiger partial charge in [0.25, 0.3) is 0 Å². The molecule has 1 aliphatic rings. The Morgan fingerprint density at radius 1 is 1.54 bits per heavy atom. The van der Waals surface area contributed by atoms with Crippen LogP contribution in [-0.4, -0.2) is 24.7 Å². The molecule has 1 heterocycles. The van der Waals surface area contributed by atoms with E-state index in [2.05, 4.69) is 5.32 Å². The quantitative estimate of drug-likeness (QED) is 0.654. The summed E-state index contributed by atoms with van der Waals surface area (Å²) in [4.78, 5) is 11.3. The van der Waals surface area contributed by atoms with Gasteiger partial charge in [-0.2, -0.15) is 0 Å². The van der Waals surface area contributed by atoms with E-state index in [0.29, 0.717) is 5.92 Å². The predicted molar refractivity (Wildman–Crippen MR) is 51.1 cm³/mol. The van der Waals surface area contributed by atoms with Crippen LogP contribution in [-0.2, 0) is 9.53 Å². The maximum Gasteiger partial charge on any atom is 0.310 e. The summed E-state index contributed by atoms with van der Waals surface area (Å²) >= 11 is 0. The van der Waals surface area contributed by atoms with Crippen LogP contribution >= 0.6 is 0 Å². The van der Waals surface area contributed by atoms with Gasteiger partial charge in [0.05, 0.1) is 6.42 Å². The standard InChI is InChI=1S/C10H18NO2/c1-10(2,3)13-9(12)6-8-4-5-11-7-8/h6,8,11H,4-5,7H2,1-3H3. The van der Waals surface area contributed by atoms with E-state index >= 15 is 0 Å². The number of carbonyl (C=O) groups excluding carboxylic acids is 1. The van der Waals surface area contributed by atoms with Crippen molar-refractivity contribution in [1.29, 1.82) is 0 Å². The van der Waals surface area contributed by atoms with Crippen LogP contribution in [0.5, 0.6) is 0 Å². The van der Waals surface area contributed by atoms with Gasteiger partial charge in [-0.3, -0.25) is 4.79 Å². The molecule has 0 amide bonds. The molecule has 0 spiro atoms. The molecule has 1 atom stereocenters. The van der Waals surface area contributed by atoms with Gasteiger partial charge in [-0.15, -0.1) is 0 Å². The molecule has 0 saturated carbocycles. The number of esters is 1. The number of rotatable bonds is 2. The van der Waals surface area contributed by atoms with Crippen molar-refractivity contribution >= 4 is 5.97 Å². The molecule has 0 bridgehead atoms. The van der Waals surface area contributed by atoms with Crippen molar-refractivity contribution in [3.8, 4) is 0 Å². The van der Waals surface area contributed by atoms with Gasteiger partial charge in [0.1, 0.15) is 5.60 Å². The first-order chi connectivity index (χ1) is 5.97. The molecule has 0 aromatic carbocycles. The van der Waals surface area contributed by atoms with Gasteiger partial charge in [0.15, 0.2) is 0 Å². The summed E-state index contributed by atoms with van der Waals surface area (Å²) in [7, 11) is 0. The van der Waals surface area contributed by atoms with Crippen molar-refractivity contribution in [2.24, 2.45) is 5.92 Å². The van der Waals surface area contributed by atoms with Crippen molar-refractivity contribution in [3.05, 3.63) is 6.42 Å². The number of carbonyl (C=O) groups is 1. The first-order valence-electron chi connectivity index (χ1n) is 4.76. The highest BCUT2D eigenvalue weighted by molar-refractivity contribution is 5.79. The van der Waals surface area contributed by atoms with Crippen LogP contribution in [0.3, 0.4) is 0 Å². The fraction of sp³-hybridized carbons (Fsp3) is 0.800. The van der Waals surface area contributed by atoms with Crippen LogP contribution in [0.25, 0.3) is 0 Å². The minimum atomic E-state index is -0.375. The molecule has 3 nitrogen and oxygen atoms in total. The predicted octanol–water partition coefficient (Wildman–Crippen LogP) is 1.14. The van der Waals surface area contributed by atoms with Crippen LogP contribution < -0.4 is 5.32 Å². The molecule has 0 aliphatic carbocycles. The highest BCUT2D eigenvalue weighted by Gasteiger charge is 2.22. The first-order valence-corrected chi connectivity index (χ1v) is 4.76. The summed E-state index contributed by atoms with van der Waals surface area (Å²) in [6.07, 6.45) is 2.73. The second kappa shape index (κ2) is 4.09. The summed E-state index contributed by atoms with van der Waals surface area (Å²) in [5.74, 6) is 0.163. The van der Waals surface area contributed by atoms with Gasteiger partial charge >= 0.3 is 5.97 Å². The Balaban J connectivity index is 2.24. The maximum atomic E-state index is 11.3. The minimum Gasteiger partial charge on any atom is -0.460 e. The van der Waals surface area contributed by atoms with Crippen molar-refractivity contribution < 1.29 is 9.53 Å². The van der Waals surface area contributed by atoms with E-state index in [1.807, 2.05) is 20.8 Å². The molecular formula is C10H18NO2. The average Bonchev–Trinajstić information content (AvgIpc) is 2.34. The van der Waals surface area contributed by atoms with E-state index in [1.54, 1.807) is 6.42 Å². The van der Waals surface area contributed by atoms with E-state index < -0.39 is 0 Å². The van der Waals surface area contributed by atoms with Crippen LogP contribution in [0.15, 0.2) is 0 Å². The second-order valence-electron chi connectivity index (χ2n) is 4.45. The summed E-state index contributed by atoms with van der Waals surface area (Å²) in [5.41, 5.74) is -0.375. The third-order valence-electron chi connectivity index (χ3n) is 1.88. The normalized spacial score (nSPS) is 23.2. The molecule has 1 rings (SSSR count). The minimum absolute atomic E-state index is 0.193. The third kappa shape index (κ3) is 4.27. The number of hydrogen-bond donors (Lipinski definition) is 1. The Bertz CT molecular complexity index is 178. The van der Waals surface area contributed by atoms with Crippen LogP contribution in [0.2, 0.25) is 0 Å². The Morgan fingerprint density at radius 2 is 2.23 bits per heavy atom. The van der Waals surface area contributed by atoms with Crippen molar-refractivity contribution in [2.75, 3.05) is 13.1 Å². The number of ether oxygens (including phenoxy) is 1. The topological polar surface area (TPSA) is 38.3 Å². The van der Waals surface area contributed by atoms with Crippen LogP contribution in [0.4, 0.5) is 0 Å². The summed E-state index contributed by atoms with van der Waals surface area (Å²) in [5, 5.41) is 3.20. The zero-order valence-electron chi connectivity index (χ0n) is 8.59. The lowest BCUT2D eigenvalue weighted by Gasteiger charge is -2.20. The Hall–Kier alpha value is -0.570. The van der Waals surface area contributed by atoms with Gasteiger partial charge in [-0.05, 0) is 46.2 Å². The van der Waals surface area contributed by atoms with Gasteiger partial charge < -0.3 is 10.1 Å². The zero-order chi connectivity index (χ0) is 9.90. The fourth-order valence-corrected chi connectivity index (χ4v) is 1.35. The lowest BCUT2D eigenvalue weighted by Crippen LogP contribution is -2.26. The smallest absolute Gasteiger partial charge is 0.310 e. The summed E-state index contributed by atoms with van der Waals surface area (Å²) in [6.45, 7) is 7.55. The largest absolute Gasteiger partial charge is 0.460 e. The first kappa shape index (κ1) is 10.5. The van der Waals surface area contributed by atoms with Crippen molar-refractivity contribution in [2.45, 2.75) is 32.8 Å². The highest BCUT2D eigenvalue weighted by atomic mass is 16.6. The Kier molecular flexibility index (Phi) is 3.31. The average molecular weight is 184 g/mol. The van der Waals surface area contributed by atoms with Crippen LogP contribution in [0, 0.1) is 12.3 Å². The van der Waals surface area contributed by atoms with E-state index in [4.69, 9.17) is 4.74 Å². The fourth-order valence-electron chi connectivity index (χ4n) is 1.35. The summed E-state index contributed by atoms with van der Waals surface area (Å²) in [6, 6.07) is 0. The van der Waals surface area contributed by atoms with Crippen molar-refractivity contribution in [1.82, 2.24) is 5.32 Å². The maximum absolute atomic E-state index is 11.3. The van der Waals surface area contributed by atoms with E-state index in [9.17, 15) is 4.79 Å². The van der Waals surface area contributed by atoms with Crippen molar-refractivity contribution in [3.63, 3.8) is 0 Å². The molecule has 1 saturated heterocycles. The second-order valence-corrected chi connectivity index (χ2v) is 4.45. The molecule has 0 aromatic rings.